The van der Waals surface area contributed by atoms with Crippen LogP contribution in [0, 0.1) is 0 Å². The van der Waals surface area contributed by atoms with Crippen molar-refractivity contribution in [1.29, 1.82) is 0 Å². The zero-order valence-electron chi connectivity index (χ0n) is 18.0. The van der Waals surface area contributed by atoms with Crippen LogP contribution in [0.4, 0.5) is 0 Å². The number of carbonyl (C=O) groups excluding carboxylic acids is 1. The molecule has 0 atom stereocenters. The maximum atomic E-state index is 12.1. The number of ether oxygens (including phenoxy) is 1. The Morgan fingerprint density at radius 3 is 2.04 bits per heavy atom. The molecule has 0 aliphatic carbocycles. The Hall–Kier alpha value is -1.84. The average Bonchev–Trinajstić information content (AvgIpc) is 2.68. The molecule has 0 unspecified atom stereocenters. The summed E-state index contributed by atoms with van der Waals surface area (Å²) < 4.78 is 7.32. The molecule has 0 bridgehead atoms. The summed E-state index contributed by atoms with van der Waals surface area (Å²) in [5.74, 6) is 0.00420. The van der Waals surface area contributed by atoms with Gasteiger partial charge in [0.15, 0.2) is 11.5 Å². The number of nitrogens with zero attached hydrogens (tertiary/aromatic N) is 1. The predicted molar refractivity (Wildman–Crippen MR) is 117 cm³/mol. The molecule has 0 radical (unpaired) electrons. The molecule has 0 N–H and O–H groups in total. The van der Waals surface area contributed by atoms with E-state index in [9.17, 15) is 9.59 Å². The molecule has 0 amide bonds. The first-order chi connectivity index (χ1) is 13.6. The largest absolute Gasteiger partial charge is 0.483 e. The van der Waals surface area contributed by atoms with E-state index in [-0.39, 0.29) is 23.6 Å². The van der Waals surface area contributed by atoms with Crippen LogP contribution < -0.4 is 10.2 Å². The molecule has 0 aliphatic heterocycles. The van der Waals surface area contributed by atoms with Gasteiger partial charge in [-0.15, -0.1) is 0 Å². The van der Waals surface area contributed by atoms with Crippen molar-refractivity contribution in [3.63, 3.8) is 0 Å². The minimum absolute atomic E-state index is 0.143. The van der Waals surface area contributed by atoms with E-state index < -0.39 is 0 Å². The first-order valence-electron chi connectivity index (χ1n) is 11.1. The Morgan fingerprint density at radius 1 is 1.00 bits per heavy atom. The highest BCUT2D eigenvalue weighted by molar-refractivity contribution is 5.95. The molecular weight excluding hydrogens is 350 g/mol. The molecule has 0 fully saturated rings. The Balaban J connectivity index is 2.31. The minimum atomic E-state index is -0.252. The van der Waals surface area contributed by atoms with Crippen molar-refractivity contribution in [1.82, 2.24) is 4.57 Å². The standard InChI is InChI=1S/C24H39NO3/c1-4-6-7-8-9-10-11-12-13-14-15-16-18-25-19-17-22(27)24(28-20-5-2)23(25)21(3)26/h5,17,19H,2,4,6-16,18,20H2,1,3H3. The second kappa shape index (κ2) is 15.1. The number of rotatable bonds is 17. The van der Waals surface area contributed by atoms with Crippen LogP contribution in [-0.4, -0.2) is 17.0 Å². The third kappa shape index (κ3) is 9.38. The van der Waals surface area contributed by atoms with E-state index in [0.717, 1.165) is 19.4 Å². The lowest BCUT2D eigenvalue weighted by atomic mass is 10.1. The molecule has 0 saturated carbocycles. The molecule has 4 heteroatoms. The smallest absolute Gasteiger partial charge is 0.224 e. The van der Waals surface area contributed by atoms with Crippen molar-refractivity contribution in [2.75, 3.05) is 6.61 Å². The number of pyridine rings is 1. The lowest BCUT2D eigenvalue weighted by molar-refractivity contribution is 0.0999. The Bertz CT molecular complexity index is 633. The van der Waals surface area contributed by atoms with Gasteiger partial charge < -0.3 is 9.30 Å². The van der Waals surface area contributed by atoms with Gasteiger partial charge in [-0.1, -0.05) is 90.2 Å². The Labute approximate surface area is 171 Å². The van der Waals surface area contributed by atoms with Crippen LogP contribution in [0.3, 0.4) is 0 Å². The number of ketones is 1. The van der Waals surface area contributed by atoms with Crippen LogP contribution in [0.1, 0.15) is 101 Å². The van der Waals surface area contributed by atoms with Gasteiger partial charge in [-0.05, 0) is 6.42 Å². The SMILES string of the molecule is C=CCOc1c(C(C)=O)n(CCCCCCCCCCCCCC)ccc1=O. The topological polar surface area (TPSA) is 48.3 Å². The van der Waals surface area contributed by atoms with E-state index in [1.807, 2.05) is 4.57 Å². The van der Waals surface area contributed by atoms with Crippen molar-refractivity contribution >= 4 is 5.78 Å². The molecule has 1 aromatic heterocycles. The Kier molecular flexibility index (Phi) is 13.1. The second-order valence-corrected chi connectivity index (χ2v) is 7.60. The number of hydrogen-bond donors (Lipinski definition) is 0. The molecule has 28 heavy (non-hydrogen) atoms. The molecule has 0 spiro atoms. The summed E-state index contributed by atoms with van der Waals surface area (Å²) in [4.78, 5) is 24.1. The van der Waals surface area contributed by atoms with Gasteiger partial charge in [0, 0.05) is 25.7 Å². The lowest BCUT2D eigenvalue weighted by Gasteiger charge is -2.15. The molecule has 1 heterocycles. The van der Waals surface area contributed by atoms with Crippen molar-refractivity contribution in [2.24, 2.45) is 0 Å². The summed E-state index contributed by atoms with van der Waals surface area (Å²) in [5.41, 5.74) is 0.121. The first kappa shape index (κ1) is 24.2. The molecule has 0 aliphatic rings. The lowest BCUT2D eigenvalue weighted by Crippen LogP contribution is -2.19. The maximum Gasteiger partial charge on any atom is 0.224 e. The Morgan fingerprint density at radius 2 is 1.54 bits per heavy atom. The van der Waals surface area contributed by atoms with Crippen molar-refractivity contribution in [2.45, 2.75) is 97.4 Å². The fourth-order valence-electron chi connectivity index (χ4n) is 3.51. The zero-order chi connectivity index (χ0) is 20.6. The zero-order valence-corrected chi connectivity index (χ0v) is 18.0. The highest BCUT2D eigenvalue weighted by Crippen LogP contribution is 2.16. The summed E-state index contributed by atoms with van der Waals surface area (Å²) in [6.07, 6.45) is 18.8. The number of hydrogen-bond acceptors (Lipinski definition) is 3. The van der Waals surface area contributed by atoms with Gasteiger partial charge in [0.25, 0.3) is 0 Å². The predicted octanol–water partition coefficient (Wildman–Crippen LogP) is 6.32. The molecule has 0 saturated heterocycles. The summed E-state index contributed by atoms with van der Waals surface area (Å²) in [6.45, 7) is 8.29. The number of carbonyl (C=O) groups is 1. The van der Waals surface area contributed by atoms with Crippen LogP contribution in [-0.2, 0) is 6.54 Å². The third-order valence-corrected chi connectivity index (χ3v) is 5.06. The van der Waals surface area contributed by atoms with E-state index in [4.69, 9.17) is 4.74 Å². The van der Waals surface area contributed by atoms with Gasteiger partial charge >= 0.3 is 0 Å². The van der Waals surface area contributed by atoms with Crippen molar-refractivity contribution in [3.05, 3.63) is 40.8 Å². The van der Waals surface area contributed by atoms with E-state index in [1.54, 1.807) is 12.3 Å². The van der Waals surface area contributed by atoms with Gasteiger partial charge in [0.05, 0.1) is 0 Å². The average molecular weight is 390 g/mol. The van der Waals surface area contributed by atoms with Crippen LogP contribution >= 0.6 is 0 Å². The van der Waals surface area contributed by atoms with Crippen LogP contribution in [0.2, 0.25) is 0 Å². The summed E-state index contributed by atoms with van der Waals surface area (Å²) in [5, 5.41) is 0. The van der Waals surface area contributed by atoms with Gasteiger partial charge in [0.2, 0.25) is 5.43 Å². The van der Waals surface area contributed by atoms with Crippen molar-refractivity contribution < 1.29 is 9.53 Å². The molecule has 0 aromatic carbocycles. The molecule has 1 aromatic rings. The van der Waals surface area contributed by atoms with Crippen LogP contribution in [0.15, 0.2) is 29.7 Å². The first-order valence-corrected chi connectivity index (χ1v) is 11.1. The van der Waals surface area contributed by atoms with Gasteiger partial charge in [0.1, 0.15) is 12.3 Å². The fourth-order valence-corrected chi connectivity index (χ4v) is 3.51. The number of aryl methyl sites for hydroxylation is 1. The third-order valence-electron chi connectivity index (χ3n) is 5.06. The highest BCUT2D eigenvalue weighted by atomic mass is 16.5. The summed E-state index contributed by atoms with van der Waals surface area (Å²) >= 11 is 0. The molecule has 1 rings (SSSR count). The second-order valence-electron chi connectivity index (χ2n) is 7.60. The number of Topliss-reactive ketones (excluding diaryl/α,β-unsaturated/α-hetero) is 1. The van der Waals surface area contributed by atoms with E-state index in [1.165, 1.54) is 77.2 Å². The highest BCUT2D eigenvalue weighted by Gasteiger charge is 2.16. The van der Waals surface area contributed by atoms with Gasteiger partial charge in [-0.2, -0.15) is 0 Å². The number of unbranched alkanes of at least 4 members (excludes halogenated alkanes) is 11. The molecule has 158 valence electrons. The van der Waals surface area contributed by atoms with E-state index >= 15 is 0 Å². The summed E-state index contributed by atoms with van der Waals surface area (Å²) in [6, 6.07) is 1.48. The summed E-state index contributed by atoms with van der Waals surface area (Å²) in [7, 11) is 0. The normalized spacial score (nSPS) is 10.8. The molecular formula is C24H39NO3. The van der Waals surface area contributed by atoms with Crippen molar-refractivity contribution in [3.8, 4) is 5.75 Å². The molecule has 4 nitrogen and oxygen atoms in total. The van der Waals surface area contributed by atoms with Gasteiger partial charge in [-0.25, -0.2) is 0 Å². The number of aromatic nitrogens is 1. The van der Waals surface area contributed by atoms with E-state index in [2.05, 4.69) is 13.5 Å². The van der Waals surface area contributed by atoms with Crippen LogP contribution in [0.25, 0.3) is 0 Å². The maximum absolute atomic E-state index is 12.1. The quantitative estimate of drug-likeness (QED) is 0.178. The minimum Gasteiger partial charge on any atom is -0.483 e. The van der Waals surface area contributed by atoms with Crippen LogP contribution in [0.5, 0.6) is 5.75 Å². The fraction of sp³-hybridized carbons (Fsp3) is 0.667. The monoisotopic (exact) mass is 389 g/mol. The van der Waals surface area contributed by atoms with Gasteiger partial charge in [-0.3, -0.25) is 9.59 Å². The van der Waals surface area contributed by atoms with E-state index in [0.29, 0.717) is 5.69 Å².